The lowest BCUT2D eigenvalue weighted by atomic mass is 10.3. The Hall–Kier alpha value is -0.590. The molecule has 8 heavy (non-hydrogen) atoms. The number of nitrogens with one attached hydrogen (secondary N) is 1. The molecule has 1 saturated heterocycles. The highest BCUT2D eigenvalue weighted by Crippen LogP contribution is 1.92. The number of morpholine rings is 1. The van der Waals surface area contributed by atoms with E-state index in [-0.39, 0.29) is 6.04 Å². The number of nitrogens with zero attached hydrogens (tertiary/aromatic N) is 1. The summed E-state index contributed by atoms with van der Waals surface area (Å²) >= 11 is 0. The van der Waals surface area contributed by atoms with Gasteiger partial charge < -0.3 is 4.74 Å². The summed E-state index contributed by atoms with van der Waals surface area (Å²) in [6.45, 7) is 2.86. The van der Waals surface area contributed by atoms with Crippen molar-refractivity contribution in [2.24, 2.45) is 0 Å². The quantitative estimate of drug-likeness (QED) is 0.465. The first kappa shape index (κ1) is 5.54. The lowest BCUT2D eigenvalue weighted by molar-refractivity contribution is 0.112. The molecule has 1 aliphatic heterocycles. The Morgan fingerprint density at radius 2 is 2.75 bits per heavy atom. The van der Waals surface area contributed by atoms with E-state index in [9.17, 15) is 0 Å². The van der Waals surface area contributed by atoms with Crippen LogP contribution < -0.4 is 5.32 Å². The Morgan fingerprint density at radius 1 is 1.88 bits per heavy atom. The highest BCUT2D eigenvalue weighted by molar-refractivity contribution is 4.93. The molecule has 1 N–H and O–H groups in total. The van der Waals surface area contributed by atoms with Gasteiger partial charge in [0.1, 0.15) is 6.04 Å². The molecule has 3 heteroatoms. The first-order valence-corrected chi connectivity index (χ1v) is 2.48. The fourth-order valence-corrected chi connectivity index (χ4v) is 0.558. The Balaban J connectivity index is 2.25. The molecule has 1 fully saturated rings. The maximum absolute atomic E-state index is 8.28. The molecule has 1 heterocycles. The molecule has 0 aliphatic carbocycles. The molecule has 0 aromatic heterocycles. The molecule has 0 aromatic carbocycles. The summed E-state index contributed by atoms with van der Waals surface area (Å²) < 4.78 is 4.93. The van der Waals surface area contributed by atoms with E-state index in [4.69, 9.17) is 10.00 Å². The lowest BCUT2D eigenvalue weighted by Crippen LogP contribution is -2.36. The second-order valence-corrected chi connectivity index (χ2v) is 1.59. The van der Waals surface area contributed by atoms with Crippen LogP contribution in [0.1, 0.15) is 0 Å². The minimum atomic E-state index is -0.135. The zero-order valence-corrected chi connectivity index (χ0v) is 4.42. The predicted octanol–water partition coefficient (Wildman–Crippen LogP) is -0.340. The van der Waals surface area contributed by atoms with Gasteiger partial charge in [0.15, 0.2) is 0 Å². The lowest BCUT2D eigenvalue weighted by Gasteiger charge is -2.16. The third-order valence-electron chi connectivity index (χ3n) is 0.961. The highest BCUT2D eigenvalue weighted by atomic mass is 16.5. The van der Waals surface area contributed by atoms with Crippen molar-refractivity contribution in [2.45, 2.75) is 6.04 Å². The van der Waals surface area contributed by atoms with Gasteiger partial charge in [-0.15, -0.1) is 0 Å². The molecule has 1 unspecified atom stereocenters. The van der Waals surface area contributed by atoms with Gasteiger partial charge in [-0.3, -0.25) is 5.32 Å². The number of ether oxygens (including phenoxy) is 1. The molecular weight excluding hydrogens is 104 g/mol. The van der Waals surface area contributed by atoms with E-state index < -0.39 is 0 Å². The van der Waals surface area contributed by atoms with E-state index in [1.165, 1.54) is 0 Å². The second kappa shape index (κ2) is 2.65. The van der Waals surface area contributed by atoms with Gasteiger partial charge in [-0.25, -0.2) is 0 Å². The average Bonchev–Trinajstić information content (AvgIpc) is 1.90. The van der Waals surface area contributed by atoms with Crippen LogP contribution in [0, 0.1) is 17.9 Å². The first-order valence-electron chi connectivity index (χ1n) is 2.48. The molecule has 0 aromatic rings. The van der Waals surface area contributed by atoms with Crippen LogP contribution in [0.5, 0.6) is 0 Å². The van der Waals surface area contributed by atoms with Crippen molar-refractivity contribution in [3.8, 4) is 6.07 Å². The van der Waals surface area contributed by atoms with Crippen molar-refractivity contribution in [3.63, 3.8) is 0 Å². The molecule has 1 rings (SSSR count). The van der Waals surface area contributed by atoms with E-state index >= 15 is 0 Å². The minimum absolute atomic E-state index is 0.135. The summed E-state index contributed by atoms with van der Waals surface area (Å²) in [5.41, 5.74) is 0. The summed E-state index contributed by atoms with van der Waals surface area (Å²) in [5.74, 6) is 0. The van der Waals surface area contributed by atoms with Crippen molar-refractivity contribution in [1.29, 1.82) is 5.26 Å². The van der Waals surface area contributed by atoms with E-state index in [2.05, 4.69) is 5.32 Å². The first-order chi connectivity index (χ1) is 3.93. The second-order valence-electron chi connectivity index (χ2n) is 1.59. The smallest absolute Gasteiger partial charge is 0.119 e. The largest absolute Gasteiger partial charge is 0.377 e. The van der Waals surface area contributed by atoms with Gasteiger partial charge in [0, 0.05) is 6.54 Å². The van der Waals surface area contributed by atoms with Crippen molar-refractivity contribution in [2.75, 3.05) is 13.2 Å². The normalized spacial score (nSPS) is 29.1. The van der Waals surface area contributed by atoms with Gasteiger partial charge in [0.25, 0.3) is 0 Å². The van der Waals surface area contributed by atoms with Gasteiger partial charge >= 0.3 is 0 Å². The zero-order chi connectivity index (χ0) is 5.82. The van der Waals surface area contributed by atoms with Crippen LogP contribution in [0.15, 0.2) is 0 Å². The Labute approximate surface area is 48.2 Å². The summed E-state index contributed by atoms with van der Waals surface area (Å²) in [4.78, 5) is 0. The van der Waals surface area contributed by atoms with Crippen LogP contribution in [-0.2, 0) is 4.74 Å². The molecule has 1 aliphatic rings. The van der Waals surface area contributed by atoms with Crippen LogP contribution in [0.4, 0.5) is 0 Å². The number of rotatable bonds is 0. The monoisotopic (exact) mass is 111 g/mol. The highest BCUT2D eigenvalue weighted by Gasteiger charge is 2.10. The van der Waals surface area contributed by atoms with E-state index in [1.54, 1.807) is 6.54 Å². The van der Waals surface area contributed by atoms with E-state index in [1.807, 2.05) is 6.07 Å². The minimum Gasteiger partial charge on any atom is -0.377 e. The molecule has 0 amide bonds. The van der Waals surface area contributed by atoms with Crippen LogP contribution in [0.3, 0.4) is 0 Å². The zero-order valence-electron chi connectivity index (χ0n) is 4.42. The molecule has 0 spiro atoms. The van der Waals surface area contributed by atoms with Crippen molar-refractivity contribution < 1.29 is 4.74 Å². The molecular formula is C5H7N2O. The molecule has 1 atom stereocenters. The molecule has 0 bridgehead atoms. The molecule has 43 valence electrons. The van der Waals surface area contributed by atoms with Crippen molar-refractivity contribution in [3.05, 3.63) is 6.54 Å². The summed E-state index contributed by atoms with van der Waals surface area (Å²) in [6, 6.07) is 1.90. The van der Waals surface area contributed by atoms with Crippen LogP contribution >= 0.6 is 0 Å². The van der Waals surface area contributed by atoms with Crippen LogP contribution in [0.25, 0.3) is 0 Å². The maximum atomic E-state index is 8.28. The van der Waals surface area contributed by atoms with Gasteiger partial charge in [-0.2, -0.15) is 5.26 Å². The maximum Gasteiger partial charge on any atom is 0.119 e. The summed E-state index contributed by atoms with van der Waals surface area (Å²) in [6.07, 6.45) is 0. The summed E-state index contributed by atoms with van der Waals surface area (Å²) in [7, 11) is 0. The summed E-state index contributed by atoms with van der Waals surface area (Å²) in [5, 5.41) is 11.1. The van der Waals surface area contributed by atoms with Gasteiger partial charge in [-0.1, -0.05) is 0 Å². The number of hydrogen-bond donors (Lipinski definition) is 1. The van der Waals surface area contributed by atoms with Crippen LogP contribution in [0.2, 0.25) is 0 Å². The Kier molecular flexibility index (Phi) is 1.84. The number of nitriles is 1. The predicted molar refractivity (Wildman–Crippen MR) is 27.7 cm³/mol. The van der Waals surface area contributed by atoms with Crippen molar-refractivity contribution >= 4 is 0 Å². The van der Waals surface area contributed by atoms with Crippen LogP contribution in [-0.4, -0.2) is 19.3 Å². The van der Waals surface area contributed by atoms with Gasteiger partial charge in [0.2, 0.25) is 0 Å². The topological polar surface area (TPSA) is 45.0 Å². The third-order valence-corrected chi connectivity index (χ3v) is 0.961. The van der Waals surface area contributed by atoms with Gasteiger partial charge in [0.05, 0.1) is 19.3 Å². The fraction of sp³-hybridized carbons (Fsp3) is 0.600. The Bertz CT molecular complexity index is 101. The van der Waals surface area contributed by atoms with E-state index in [0.29, 0.717) is 13.2 Å². The van der Waals surface area contributed by atoms with E-state index in [0.717, 1.165) is 0 Å². The van der Waals surface area contributed by atoms with Gasteiger partial charge in [-0.05, 0) is 0 Å². The van der Waals surface area contributed by atoms with Crippen molar-refractivity contribution in [1.82, 2.24) is 5.32 Å². The molecule has 1 radical (unpaired) electrons. The molecule has 3 nitrogen and oxygen atoms in total. The third kappa shape index (κ3) is 1.19. The number of hydrogen-bond acceptors (Lipinski definition) is 3. The Morgan fingerprint density at radius 3 is 3.12 bits per heavy atom. The average molecular weight is 111 g/mol. The standard InChI is InChI=1S/C5H7N2O/c6-3-5-4-8-2-1-7-5/h1,5,7H,2,4H2. The SMILES string of the molecule is N#CC1COC[CH]N1. The molecule has 0 saturated carbocycles. The fourth-order valence-electron chi connectivity index (χ4n) is 0.558.